The van der Waals surface area contributed by atoms with Gasteiger partial charge in [-0.1, -0.05) is 6.07 Å². The fourth-order valence-electron chi connectivity index (χ4n) is 2.90. The van der Waals surface area contributed by atoms with Crippen LogP contribution in [-0.2, 0) is 19.4 Å². The number of benzene rings is 1. The SMILES string of the molecule is NC(=NCc1csc(-c2ccco2)n1)Nc1ccc2c(c1)CCC2. The molecule has 2 heterocycles. The van der Waals surface area contributed by atoms with Crippen LogP contribution in [0.15, 0.2) is 51.4 Å². The summed E-state index contributed by atoms with van der Waals surface area (Å²) in [5.41, 5.74) is 10.7. The van der Waals surface area contributed by atoms with Crippen molar-refractivity contribution >= 4 is 23.0 Å². The van der Waals surface area contributed by atoms with Crippen molar-refractivity contribution in [1.29, 1.82) is 0 Å². The lowest BCUT2D eigenvalue weighted by atomic mass is 10.1. The van der Waals surface area contributed by atoms with Crippen molar-refractivity contribution in [2.24, 2.45) is 10.7 Å². The second-order valence-electron chi connectivity index (χ2n) is 5.78. The van der Waals surface area contributed by atoms with E-state index in [2.05, 4.69) is 33.5 Å². The molecule has 6 heteroatoms. The average Bonchev–Trinajstić information content (AvgIpc) is 3.32. The molecule has 3 N–H and O–H groups in total. The molecule has 0 amide bonds. The van der Waals surface area contributed by atoms with Crippen LogP contribution in [-0.4, -0.2) is 10.9 Å². The molecule has 5 nitrogen and oxygen atoms in total. The van der Waals surface area contributed by atoms with Crippen LogP contribution >= 0.6 is 11.3 Å². The summed E-state index contributed by atoms with van der Waals surface area (Å²) in [7, 11) is 0. The van der Waals surface area contributed by atoms with Crippen LogP contribution < -0.4 is 11.1 Å². The minimum absolute atomic E-state index is 0.403. The summed E-state index contributed by atoms with van der Waals surface area (Å²) in [5.74, 6) is 1.18. The molecule has 24 heavy (non-hydrogen) atoms. The normalized spacial score (nSPS) is 13.9. The van der Waals surface area contributed by atoms with Gasteiger partial charge in [0.25, 0.3) is 0 Å². The number of thiazole rings is 1. The van der Waals surface area contributed by atoms with E-state index in [9.17, 15) is 0 Å². The Balaban J connectivity index is 1.40. The topological polar surface area (TPSA) is 76.4 Å². The van der Waals surface area contributed by atoms with Crippen molar-refractivity contribution < 1.29 is 4.42 Å². The highest BCUT2D eigenvalue weighted by Gasteiger charge is 2.11. The number of nitrogens with two attached hydrogens (primary N) is 1. The Kier molecular flexibility index (Phi) is 4.04. The van der Waals surface area contributed by atoms with Gasteiger partial charge in [-0.2, -0.15) is 0 Å². The first-order chi connectivity index (χ1) is 11.8. The van der Waals surface area contributed by atoms with Crippen molar-refractivity contribution in [3.05, 3.63) is 58.8 Å². The largest absolute Gasteiger partial charge is 0.462 e. The van der Waals surface area contributed by atoms with E-state index in [0.717, 1.165) is 28.6 Å². The number of rotatable bonds is 4. The van der Waals surface area contributed by atoms with Crippen molar-refractivity contribution in [1.82, 2.24) is 4.98 Å². The molecule has 122 valence electrons. The highest BCUT2D eigenvalue weighted by Crippen LogP contribution is 2.25. The molecule has 0 spiro atoms. The van der Waals surface area contributed by atoms with E-state index in [4.69, 9.17) is 10.2 Å². The fraction of sp³-hybridized carbons (Fsp3) is 0.222. The summed E-state index contributed by atoms with van der Waals surface area (Å²) >= 11 is 1.54. The first-order valence-corrected chi connectivity index (χ1v) is 8.83. The second-order valence-corrected chi connectivity index (χ2v) is 6.64. The van der Waals surface area contributed by atoms with Gasteiger partial charge in [0.05, 0.1) is 18.5 Å². The van der Waals surface area contributed by atoms with Crippen molar-refractivity contribution in [2.45, 2.75) is 25.8 Å². The highest BCUT2D eigenvalue weighted by molar-refractivity contribution is 7.13. The number of aromatic nitrogens is 1. The number of furan rings is 1. The summed E-state index contributed by atoms with van der Waals surface area (Å²) in [5, 5.41) is 5.99. The molecule has 2 aromatic heterocycles. The fourth-order valence-corrected chi connectivity index (χ4v) is 3.67. The monoisotopic (exact) mass is 338 g/mol. The minimum atomic E-state index is 0.403. The summed E-state index contributed by atoms with van der Waals surface area (Å²) in [6, 6.07) is 10.2. The first kappa shape index (κ1) is 15.0. The summed E-state index contributed by atoms with van der Waals surface area (Å²) in [6.07, 6.45) is 5.22. The lowest BCUT2D eigenvalue weighted by Crippen LogP contribution is -2.22. The predicted octanol–water partition coefficient (Wildman–Crippen LogP) is 3.82. The number of aryl methyl sites for hydroxylation is 2. The Labute approximate surface area is 144 Å². The maximum atomic E-state index is 6.00. The van der Waals surface area contributed by atoms with Crippen LogP contribution in [0.5, 0.6) is 0 Å². The zero-order valence-corrected chi connectivity index (χ0v) is 14.0. The maximum absolute atomic E-state index is 6.00. The smallest absolute Gasteiger partial charge is 0.193 e. The molecule has 1 aliphatic rings. The van der Waals surface area contributed by atoms with Gasteiger partial charge >= 0.3 is 0 Å². The molecule has 0 fully saturated rings. The van der Waals surface area contributed by atoms with Gasteiger partial charge in [0, 0.05) is 11.1 Å². The van der Waals surface area contributed by atoms with Crippen LogP contribution in [0.2, 0.25) is 0 Å². The number of nitrogens with one attached hydrogen (secondary N) is 1. The van der Waals surface area contributed by atoms with E-state index in [1.54, 1.807) is 17.6 Å². The lowest BCUT2D eigenvalue weighted by molar-refractivity contribution is 0.581. The molecule has 0 unspecified atom stereocenters. The lowest BCUT2D eigenvalue weighted by Gasteiger charge is -2.07. The number of fused-ring (bicyclic) bond motifs is 1. The zero-order chi connectivity index (χ0) is 16.4. The Morgan fingerprint density at radius 2 is 2.21 bits per heavy atom. The second kappa shape index (κ2) is 6.49. The minimum Gasteiger partial charge on any atom is -0.462 e. The summed E-state index contributed by atoms with van der Waals surface area (Å²) in [4.78, 5) is 8.89. The molecule has 4 rings (SSSR count). The van der Waals surface area contributed by atoms with Crippen LogP contribution in [0, 0.1) is 0 Å². The van der Waals surface area contributed by atoms with Crippen LogP contribution in [0.4, 0.5) is 5.69 Å². The van der Waals surface area contributed by atoms with E-state index in [0.29, 0.717) is 12.5 Å². The van der Waals surface area contributed by atoms with E-state index in [1.165, 1.54) is 24.0 Å². The summed E-state index contributed by atoms with van der Waals surface area (Å²) < 4.78 is 5.35. The molecule has 0 bridgehead atoms. The quantitative estimate of drug-likeness (QED) is 0.560. The number of anilines is 1. The van der Waals surface area contributed by atoms with E-state index in [1.807, 2.05) is 17.5 Å². The molecule has 0 aliphatic heterocycles. The molecule has 1 aromatic carbocycles. The molecule has 0 atom stereocenters. The van der Waals surface area contributed by atoms with Gasteiger partial charge in [-0.3, -0.25) is 0 Å². The van der Waals surface area contributed by atoms with Crippen molar-refractivity contribution in [3.8, 4) is 10.8 Å². The van der Waals surface area contributed by atoms with E-state index < -0.39 is 0 Å². The van der Waals surface area contributed by atoms with Gasteiger partial charge in [-0.05, 0) is 54.7 Å². The third-order valence-electron chi connectivity index (χ3n) is 4.07. The van der Waals surface area contributed by atoms with E-state index in [-0.39, 0.29) is 0 Å². The third kappa shape index (κ3) is 3.19. The standard InChI is InChI=1S/C18H18N4OS/c19-18(22-14-7-6-12-3-1-4-13(12)9-14)20-10-15-11-24-17(21-15)16-5-2-8-23-16/h2,5-9,11H,1,3-4,10H2,(H3,19,20,22). The van der Waals surface area contributed by atoms with E-state index >= 15 is 0 Å². The van der Waals surface area contributed by atoms with Gasteiger partial charge in [-0.25, -0.2) is 9.98 Å². The Morgan fingerprint density at radius 3 is 3.08 bits per heavy atom. The molecule has 1 aliphatic carbocycles. The van der Waals surface area contributed by atoms with Crippen LogP contribution in [0.25, 0.3) is 10.8 Å². The molecule has 0 saturated carbocycles. The van der Waals surface area contributed by atoms with Gasteiger partial charge in [0.2, 0.25) is 0 Å². The number of hydrogen-bond donors (Lipinski definition) is 2. The van der Waals surface area contributed by atoms with Gasteiger partial charge in [0.1, 0.15) is 0 Å². The molecule has 3 aromatic rings. The van der Waals surface area contributed by atoms with Crippen LogP contribution in [0.1, 0.15) is 23.2 Å². The molecular weight excluding hydrogens is 320 g/mol. The molecule has 0 saturated heterocycles. The number of nitrogens with zero attached hydrogens (tertiary/aromatic N) is 2. The maximum Gasteiger partial charge on any atom is 0.193 e. The first-order valence-electron chi connectivity index (χ1n) is 7.95. The number of aliphatic imine (C=N–C) groups is 1. The molecular formula is C18H18N4OS. The third-order valence-corrected chi connectivity index (χ3v) is 4.97. The van der Waals surface area contributed by atoms with Crippen molar-refractivity contribution in [3.63, 3.8) is 0 Å². The zero-order valence-electron chi connectivity index (χ0n) is 13.2. The van der Waals surface area contributed by atoms with Gasteiger partial charge < -0.3 is 15.5 Å². The van der Waals surface area contributed by atoms with Crippen molar-refractivity contribution in [2.75, 3.05) is 5.32 Å². The number of guanidine groups is 1. The van der Waals surface area contributed by atoms with Crippen LogP contribution in [0.3, 0.4) is 0 Å². The number of hydrogen-bond acceptors (Lipinski definition) is 4. The average molecular weight is 338 g/mol. The molecule has 0 radical (unpaired) electrons. The predicted molar refractivity (Wildman–Crippen MR) is 97.2 cm³/mol. The highest BCUT2D eigenvalue weighted by atomic mass is 32.1. The summed E-state index contributed by atoms with van der Waals surface area (Å²) in [6.45, 7) is 0.445. The Hall–Kier alpha value is -2.60. The van der Waals surface area contributed by atoms with Gasteiger partial charge in [0.15, 0.2) is 16.7 Å². The Morgan fingerprint density at radius 1 is 1.29 bits per heavy atom. The van der Waals surface area contributed by atoms with Gasteiger partial charge in [-0.15, -0.1) is 11.3 Å². The Bertz CT molecular complexity index is 867.